The van der Waals surface area contributed by atoms with E-state index >= 15 is 0 Å². The molecule has 1 saturated heterocycles. The van der Waals surface area contributed by atoms with E-state index in [0.29, 0.717) is 5.69 Å². The van der Waals surface area contributed by atoms with Crippen LogP contribution in [-0.2, 0) is 0 Å². The van der Waals surface area contributed by atoms with E-state index in [2.05, 4.69) is 10.6 Å². The number of aryl methyl sites for hydroxylation is 2. The number of carbonyl (C=O) groups excluding carboxylic acids is 1. The summed E-state index contributed by atoms with van der Waals surface area (Å²) >= 11 is 5.26. The van der Waals surface area contributed by atoms with Gasteiger partial charge in [-0.1, -0.05) is 18.2 Å². The van der Waals surface area contributed by atoms with Gasteiger partial charge in [-0.3, -0.25) is 20.2 Å². The summed E-state index contributed by atoms with van der Waals surface area (Å²) in [5.41, 5.74) is 3.54. The number of nitro groups is 1. The molecule has 1 aliphatic rings. The molecule has 0 saturated carbocycles. The maximum Gasteiger partial charge on any atom is 0.293 e. The highest BCUT2D eigenvalue weighted by molar-refractivity contribution is 7.80. The Morgan fingerprint density at radius 1 is 1.10 bits per heavy atom. The molecular formula is C21H24N4O3S. The van der Waals surface area contributed by atoms with E-state index < -0.39 is 10.8 Å². The van der Waals surface area contributed by atoms with Crippen molar-refractivity contribution in [3.05, 3.63) is 63.2 Å². The summed E-state index contributed by atoms with van der Waals surface area (Å²) in [5, 5.41) is 17.4. The SMILES string of the molecule is Cc1cccc(C)c1NC(=S)NC(=O)c1ccc(N2CCCCC2)c([N+](=O)[O-])c1. The summed E-state index contributed by atoms with van der Waals surface area (Å²) in [7, 11) is 0. The molecule has 3 rings (SSSR count). The molecule has 7 nitrogen and oxygen atoms in total. The third-order valence-corrected chi connectivity index (χ3v) is 5.28. The molecule has 0 aliphatic carbocycles. The summed E-state index contributed by atoms with van der Waals surface area (Å²) in [5.74, 6) is -0.484. The fraction of sp³-hybridized carbons (Fsp3) is 0.333. The minimum Gasteiger partial charge on any atom is -0.366 e. The Kier molecular flexibility index (Phi) is 6.43. The Bertz CT molecular complexity index is 935. The Balaban J connectivity index is 1.75. The van der Waals surface area contributed by atoms with Crippen LogP contribution in [0.1, 0.15) is 40.7 Å². The third kappa shape index (κ3) is 4.89. The summed E-state index contributed by atoms with van der Waals surface area (Å²) in [6.07, 6.45) is 3.16. The maximum absolute atomic E-state index is 12.6. The largest absolute Gasteiger partial charge is 0.366 e. The lowest BCUT2D eigenvalue weighted by Gasteiger charge is -2.28. The van der Waals surface area contributed by atoms with Crippen molar-refractivity contribution in [2.24, 2.45) is 0 Å². The number of hydrogen-bond donors (Lipinski definition) is 2. The zero-order valence-corrected chi connectivity index (χ0v) is 17.3. The van der Waals surface area contributed by atoms with Crippen LogP contribution >= 0.6 is 12.2 Å². The normalized spacial score (nSPS) is 13.7. The number of thiocarbonyl (C=S) groups is 1. The predicted molar refractivity (Wildman–Crippen MR) is 119 cm³/mol. The fourth-order valence-corrected chi connectivity index (χ4v) is 3.74. The van der Waals surface area contributed by atoms with Gasteiger partial charge >= 0.3 is 0 Å². The number of nitrogens with zero attached hydrogens (tertiary/aromatic N) is 2. The highest BCUT2D eigenvalue weighted by Crippen LogP contribution is 2.31. The van der Waals surface area contributed by atoms with Crippen molar-refractivity contribution in [3.8, 4) is 0 Å². The van der Waals surface area contributed by atoms with Crippen molar-refractivity contribution < 1.29 is 9.72 Å². The smallest absolute Gasteiger partial charge is 0.293 e. The van der Waals surface area contributed by atoms with Gasteiger partial charge in [-0.2, -0.15) is 0 Å². The van der Waals surface area contributed by atoms with Gasteiger partial charge in [-0.05, 0) is 68.6 Å². The maximum atomic E-state index is 12.6. The topological polar surface area (TPSA) is 87.5 Å². The zero-order chi connectivity index (χ0) is 21.0. The summed E-state index contributed by atoms with van der Waals surface area (Å²) < 4.78 is 0. The van der Waals surface area contributed by atoms with E-state index in [4.69, 9.17) is 12.2 Å². The quantitative estimate of drug-likeness (QED) is 0.442. The molecular weight excluding hydrogens is 388 g/mol. The molecule has 0 atom stereocenters. The molecule has 0 unspecified atom stereocenters. The number of benzene rings is 2. The first-order chi connectivity index (χ1) is 13.9. The number of hydrogen-bond acceptors (Lipinski definition) is 5. The highest BCUT2D eigenvalue weighted by atomic mass is 32.1. The van der Waals surface area contributed by atoms with Crippen LogP contribution < -0.4 is 15.5 Å². The van der Waals surface area contributed by atoms with E-state index in [9.17, 15) is 14.9 Å². The number of rotatable bonds is 4. The Hall–Kier alpha value is -3.00. The number of carbonyl (C=O) groups is 1. The first-order valence-electron chi connectivity index (χ1n) is 9.59. The summed E-state index contributed by atoms with van der Waals surface area (Å²) in [4.78, 5) is 25.8. The van der Waals surface area contributed by atoms with Gasteiger partial charge in [0.15, 0.2) is 5.11 Å². The van der Waals surface area contributed by atoms with Crippen molar-refractivity contribution in [1.29, 1.82) is 0 Å². The Labute approximate surface area is 175 Å². The summed E-state index contributed by atoms with van der Waals surface area (Å²) in [6, 6.07) is 10.4. The molecule has 152 valence electrons. The molecule has 2 N–H and O–H groups in total. The lowest BCUT2D eigenvalue weighted by Crippen LogP contribution is -2.34. The van der Waals surface area contributed by atoms with Crippen molar-refractivity contribution in [2.45, 2.75) is 33.1 Å². The van der Waals surface area contributed by atoms with E-state index in [1.54, 1.807) is 12.1 Å². The molecule has 1 heterocycles. The molecule has 1 aliphatic heterocycles. The molecule has 2 aromatic rings. The van der Waals surface area contributed by atoms with Crippen LogP contribution in [0.2, 0.25) is 0 Å². The molecule has 0 bridgehead atoms. The average Bonchev–Trinajstić information content (AvgIpc) is 2.71. The van der Waals surface area contributed by atoms with Crippen LogP contribution in [0.15, 0.2) is 36.4 Å². The second kappa shape index (κ2) is 9.00. The monoisotopic (exact) mass is 412 g/mol. The molecule has 8 heteroatoms. The second-order valence-electron chi connectivity index (χ2n) is 7.18. The fourth-order valence-electron chi connectivity index (χ4n) is 3.54. The third-order valence-electron chi connectivity index (χ3n) is 5.08. The average molecular weight is 413 g/mol. The number of amides is 1. The zero-order valence-electron chi connectivity index (χ0n) is 16.5. The second-order valence-corrected chi connectivity index (χ2v) is 7.59. The molecule has 0 spiro atoms. The number of para-hydroxylation sites is 1. The van der Waals surface area contributed by atoms with Crippen molar-refractivity contribution >= 4 is 40.3 Å². The highest BCUT2D eigenvalue weighted by Gasteiger charge is 2.23. The Morgan fingerprint density at radius 2 is 1.76 bits per heavy atom. The Morgan fingerprint density at radius 3 is 2.38 bits per heavy atom. The van der Waals surface area contributed by atoms with Crippen molar-refractivity contribution in [3.63, 3.8) is 0 Å². The summed E-state index contributed by atoms with van der Waals surface area (Å²) in [6.45, 7) is 5.47. The standard InChI is InChI=1S/C21H24N4O3S/c1-14-7-6-8-15(2)19(14)22-21(29)23-20(26)16-9-10-17(18(13-16)25(27)28)24-11-4-3-5-12-24/h6-10,13H,3-5,11-12H2,1-2H3,(H2,22,23,26,29). The van der Waals surface area contributed by atoms with E-state index in [0.717, 1.165) is 49.2 Å². The van der Waals surface area contributed by atoms with Crippen molar-refractivity contribution in [2.75, 3.05) is 23.3 Å². The molecule has 29 heavy (non-hydrogen) atoms. The van der Waals surface area contributed by atoms with E-state index in [1.165, 1.54) is 6.07 Å². The van der Waals surface area contributed by atoms with E-state index in [-0.39, 0.29) is 16.4 Å². The molecule has 0 aromatic heterocycles. The number of nitrogens with one attached hydrogen (secondary N) is 2. The van der Waals surface area contributed by atoms with Gasteiger partial charge in [0, 0.05) is 30.4 Å². The predicted octanol–water partition coefficient (Wildman–Crippen LogP) is 4.33. The minimum atomic E-state index is -0.484. The van der Waals surface area contributed by atoms with Crippen LogP contribution in [0.5, 0.6) is 0 Å². The van der Waals surface area contributed by atoms with E-state index in [1.807, 2.05) is 36.9 Å². The van der Waals surface area contributed by atoms with Crippen LogP contribution in [-0.4, -0.2) is 29.0 Å². The van der Waals surface area contributed by atoms with Crippen LogP contribution in [0.25, 0.3) is 0 Å². The van der Waals surface area contributed by atoms with Crippen LogP contribution in [0.4, 0.5) is 17.1 Å². The number of piperidine rings is 1. The molecule has 2 aromatic carbocycles. The first kappa shape index (κ1) is 20.7. The van der Waals surface area contributed by atoms with Gasteiger partial charge in [0.2, 0.25) is 0 Å². The lowest BCUT2D eigenvalue weighted by atomic mass is 10.1. The van der Waals surface area contributed by atoms with Gasteiger partial charge < -0.3 is 10.2 Å². The van der Waals surface area contributed by atoms with Crippen LogP contribution in [0.3, 0.4) is 0 Å². The first-order valence-corrected chi connectivity index (χ1v) is 9.99. The molecule has 1 amide bonds. The molecule has 1 fully saturated rings. The minimum absolute atomic E-state index is 0.0619. The lowest BCUT2D eigenvalue weighted by molar-refractivity contribution is -0.384. The van der Waals surface area contributed by atoms with Gasteiger partial charge in [0.05, 0.1) is 4.92 Å². The molecule has 0 radical (unpaired) electrons. The van der Waals surface area contributed by atoms with Gasteiger partial charge in [0.1, 0.15) is 5.69 Å². The van der Waals surface area contributed by atoms with Crippen molar-refractivity contribution in [1.82, 2.24) is 5.32 Å². The van der Waals surface area contributed by atoms with Crippen LogP contribution in [0, 0.1) is 24.0 Å². The van der Waals surface area contributed by atoms with Gasteiger partial charge in [-0.15, -0.1) is 0 Å². The van der Waals surface area contributed by atoms with Gasteiger partial charge in [-0.25, -0.2) is 0 Å². The number of anilines is 2. The number of nitro benzene ring substituents is 1. The van der Waals surface area contributed by atoms with Gasteiger partial charge in [0.25, 0.3) is 11.6 Å².